The van der Waals surface area contributed by atoms with Gasteiger partial charge in [0.1, 0.15) is 5.60 Å². The van der Waals surface area contributed by atoms with Gasteiger partial charge in [0.25, 0.3) is 5.91 Å². The van der Waals surface area contributed by atoms with E-state index < -0.39 is 17.6 Å². The summed E-state index contributed by atoms with van der Waals surface area (Å²) < 4.78 is 10.7. The Labute approximate surface area is 119 Å². The van der Waals surface area contributed by atoms with Gasteiger partial charge in [-0.2, -0.15) is 0 Å². The molecule has 1 heterocycles. The van der Waals surface area contributed by atoms with Crippen LogP contribution in [0.5, 0.6) is 0 Å². The molecule has 0 saturated carbocycles. The second-order valence-electron chi connectivity index (χ2n) is 5.72. The molecule has 0 radical (unpaired) electrons. The number of amides is 2. The van der Waals surface area contributed by atoms with E-state index in [1.807, 2.05) is 0 Å². The molecule has 0 aromatic carbocycles. The first-order chi connectivity index (χ1) is 9.24. The first kappa shape index (κ1) is 16.7. The molecule has 7 heteroatoms. The quantitative estimate of drug-likeness (QED) is 0.706. The Hall–Kier alpha value is -1.34. The van der Waals surface area contributed by atoms with Crippen molar-refractivity contribution in [2.45, 2.75) is 26.4 Å². The van der Waals surface area contributed by atoms with Crippen molar-refractivity contribution in [2.75, 3.05) is 40.5 Å². The fourth-order valence-electron chi connectivity index (χ4n) is 1.80. The van der Waals surface area contributed by atoms with Crippen LogP contribution in [-0.2, 0) is 19.1 Å². The highest BCUT2D eigenvalue weighted by atomic mass is 16.7. The molecule has 0 bridgehead atoms. The Kier molecular flexibility index (Phi) is 5.76. The van der Waals surface area contributed by atoms with E-state index in [4.69, 9.17) is 14.3 Å². The van der Waals surface area contributed by atoms with Crippen LogP contribution < -0.4 is 0 Å². The van der Waals surface area contributed by atoms with Gasteiger partial charge in [-0.15, -0.1) is 0 Å². The van der Waals surface area contributed by atoms with Crippen molar-refractivity contribution in [3.63, 3.8) is 0 Å². The van der Waals surface area contributed by atoms with Crippen LogP contribution in [0.2, 0.25) is 0 Å². The molecular formula is C13H24N2O5. The zero-order valence-electron chi connectivity index (χ0n) is 12.8. The lowest BCUT2D eigenvalue weighted by molar-refractivity contribution is -0.175. The van der Waals surface area contributed by atoms with Crippen LogP contribution in [0.1, 0.15) is 20.8 Å². The molecule has 0 aliphatic carbocycles. The van der Waals surface area contributed by atoms with E-state index in [0.29, 0.717) is 13.2 Å². The minimum atomic E-state index is -0.562. The van der Waals surface area contributed by atoms with Crippen molar-refractivity contribution in [2.24, 2.45) is 5.92 Å². The molecule has 2 amide bonds. The highest BCUT2D eigenvalue weighted by molar-refractivity contribution is 5.79. The number of carbonyl (C=O) groups excluding carboxylic acids is 2. The van der Waals surface area contributed by atoms with Crippen molar-refractivity contribution in [1.29, 1.82) is 0 Å². The van der Waals surface area contributed by atoms with Crippen LogP contribution in [0.15, 0.2) is 0 Å². The molecule has 20 heavy (non-hydrogen) atoms. The molecule has 7 nitrogen and oxygen atoms in total. The largest absolute Gasteiger partial charge is 0.444 e. The summed E-state index contributed by atoms with van der Waals surface area (Å²) in [5.74, 6) is -0.669. The summed E-state index contributed by atoms with van der Waals surface area (Å²) >= 11 is 0. The van der Waals surface area contributed by atoms with E-state index in [1.54, 1.807) is 20.8 Å². The molecule has 1 saturated heterocycles. The molecule has 0 N–H and O–H groups in total. The predicted molar refractivity (Wildman–Crippen MR) is 71.9 cm³/mol. The lowest BCUT2D eigenvalue weighted by atomic mass is 10.1. The van der Waals surface area contributed by atoms with E-state index >= 15 is 0 Å². The molecular weight excluding hydrogens is 264 g/mol. The fourth-order valence-corrected chi connectivity index (χ4v) is 1.80. The number of nitrogens with zero attached hydrogens (tertiary/aromatic N) is 2. The van der Waals surface area contributed by atoms with Gasteiger partial charge in [0, 0.05) is 20.1 Å². The molecule has 1 unspecified atom stereocenters. The van der Waals surface area contributed by atoms with E-state index in [0.717, 1.165) is 5.06 Å². The first-order valence-electron chi connectivity index (χ1n) is 6.62. The number of hydrogen-bond acceptors (Lipinski definition) is 5. The van der Waals surface area contributed by atoms with Crippen LogP contribution in [0.25, 0.3) is 0 Å². The maximum atomic E-state index is 12.1. The van der Waals surface area contributed by atoms with Gasteiger partial charge < -0.3 is 14.4 Å². The van der Waals surface area contributed by atoms with Crippen molar-refractivity contribution >= 4 is 12.0 Å². The SMILES string of the molecule is CON(C)C(=O)C1COCCN(C(=O)OC(C)(C)C)C1. The Morgan fingerprint density at radius 2 is 2.00 bits per heavy atom. The van der Waals surface area contributed by atoms with Gasteiger partial charge in [-0.25, -0.2) is 9.86 Å². The number of ether oxygens (including phenoxy) is 2. The summed E-state index contributed by atoms with van der Waals surface area (Å²) in [6.45, 7) is 6.75. The molecule has 1 aliphatic rings. The number of hydroxylamine groups is 2. The van der Waals surface area contributed by atoms with Crippen LogP contribution in [-0.4, -0.2) is 68.0 Å². The standard InChI is InChI=1S/C13H24N2O5/c1-13(2,3)20-12(17)15-6-7-19-9-10(8-15)11(16)14(4)18-5/h10H,6-9H2,1-5H3. The van der Waals surface area contributed by atoms with Gasteiger partial charge in [-0.1, -0.05) is 0 Å². The average molecular weight is 288 g/mol. The number of hydrogen-bond donors (Lipinski definition) is 0. The third-order valence-corrected chi connectivity index (χ3v) is 2.85. The average Bonchev–Trinajstić information content (AvgIpc) is 2.60. The molecule has 1 rings (SSSR count). The van der Waals surface area contributed by atoms with Gasteiger partial charge in [0.15, 0.2) is 0 Å². The zero-order valence-corrected chi connectivity index (χ0v) is 12.8. The molecule has 1 aliphatic heterocycles. The Balaban J connectivity index is 2.69. The van der Waals surface area contributed by atoms with Crippen molar-refractivity contribution in [1.82, 2.24) is 9.96 Å². The predicted octanol–water partition coefficient (Wildman–Crippen LogP) is 0.890. The second-order valence-corrected chi connectivity index (χ2v) is 5.72. The summed E-state index contributed by atoms with van der Waals surface area (Å²) in [7, 11) is 2.95. The molecule has 0 spiro atoms. The molecule has 116 valence electrons. The molecule has 1 fully saturated rings. The van der Waals surface area contributed by atoms with Crippen LogP contribution in [0, 0.1) is 5.92 Å². The third kappa shape index (κ3) is 4.97. The van der Waals surface area contributed by atoms with Gasteiger partial charge in [-0.05, 0) is 20.8 Å². The zero-order chi connectivity index (χ0) is 15.3. The normalized spacial score (nSPS) is 20.2. The lowest BCUT2D eigenvalue weighted by Crippen LogP contribution is -2.44. The topological polar surface area (TPSA) is 68.3 Å². The molecule has 0 aromatic rings. The monoisotopic (exact) mass is 288 g/mol. The number of carbonyl (C=O) groups is 2. The van der Waals surface area contributed by atoms with E-state index in [-0.39, 0.29) is 19.1 Å². The molecule has 1 atom stereocenters. The minimum Gasteiger partial charge on any atom is -0.444 e. The first-order valence-corrected chi connectivity index (χ1v) is 6.62. The second kappa shape index (κ2) is 6.90. The van der Waals surface area contributed by atoms with Gasteiger partial charge in [0.2, 0.25) is 0 Å². The van der Waals surface area contributed by atoms with Crippen molar-refractivity contribution in [3.05, 3.63) is 0 Å². The van der Waals surface area contributed by atoms with Gasteiger partial charge in [-0.3, -0.25) is 9.63 Å². The van der Waals surface area contributed by atoms with Gasteiger partial charge in [0.05, 0.1) is 26.2 Å². The molecule has 0 aromatic heterocycles. The summed E-state index contributed by atoms with van der Waals surface area (Å²) in [6, 6.07) is 0. The van der Waals surface area contributed by atoms with Crippen molar-refractivity contribution in [3.8, 4) is 0 Å². The van der Waals surface area contributed by atoms with E-state index in [2.05, 4.69) is 0 Å². The van der Waals surface area contributed by atoms with Crippen molar-refractivity contribution < 1.29 is 23.9 Å². The summed E-state index contributed by atoms with van der Waals surface area (Å²) in [6.07, 6.45) is -0.430. The van der Waals surface area contributed by atoms with E-state index in [9.17, 15) is 9.59 Å². The third-order valence-electron chi connectivity index (χ3n) is 2.85. The summed E-state index contributed by atoms with van der Waals surface area (Å²) in [5, 5.41) is 1.15. The maximum absolute atomic E-state index is 12.1. The van der Waals surface area contributed by atoms with Crippen LogP contribution in [0.3, 0.4) is 0 Å². The Bertz CT molecular complexity index is 353. The van der Waals surface area contributed by atoms with Crippen LogP contribution >= 0.6 is 0 Å². The highest BCUT2D eigenvalue weighted by Gasteiger charge is 2.31. The Morgan fingerprint density at radius 3 is 2.55 bits per heavy atom. The summed E-state index contributed by atoms with van der Waals surface area (Å²) in [5.41, 5.74) is -0.562. The van der Waals surface area contributed by atoms with Crippen LogP contribution in [0.4, 0.5) is 4.79 Å². The Morgan fingerprint density at radius 1 is 1.35 bits per heavy atom. The minimum absolute atomic E-state index is 0.219. The van der Waals surface area contributed by atoms with E-state index in [1.165, 1.54) is 19.1 Å². The fraction of sp³-hybridized carbons (Fsp3) is 0.846. The summed E-state index contributed by atoms with van der Waals surface area (Å²) in [4.78, 5) is 30.5. The number of rotatable bonds is 2. The smallest absolute Gasteiger partial charge is 0.410 e. The highest BCUT2D eigenvalue weighted by Crippen LogP contribution is 2.15. The lowest BCUT2D eigenvalue weighted by Gasteiger charge is -2.28. The maximum Gasteiger partial charge on any atom is 0.410 e. The van der Waals surface area contributed by atoms with Gasteiger partial charge >= 0.3 is 6.09 Å².